The number of benzene rings is 1. The fourth-order valence-corrected chi connectivity index (χ4v) is 3.60. The summed E-state index contributed by atoms with van der Waals surface area (Å²) in [5.41, 5.74) is 0.866. The summed E-state index contributed by atoms with van der Waals surface area (Å²) >= 11 is 0. The number of alkyl carbamates (subject to hydrolysis) is 1. The van der Waals surface area contributed by atoms with Gasteiger partial charge in [0.2, 0.25) is 11.8 Å². The van der Waals surface area contributed by atoms with Gasteiger partial charge in [-0.05, 0) is 65.9 Å². The highest BCUT2D eigenvalue weighted by Gasteiger charge is 2.37. The van der Waals surface area contributed by atoms with Crippen molar-refractivity contribution in [2.24, 2.45) is 5.92 Å². The van der Waals surface area contributed by atoms with Gasteiger partial charge in [0.15, 0.2) is 0 Å². The third-order valence-corrected chi connectivity index (χ3v) is 5.55. The lowest BCUT2D eigenvalue weighted by atomic mass is 9.97. The Morgan fingerprint density at radius 1 is 0.972 bits per heavy atom. The fraction of sp³-hybridized carbons (Fsp3) is 0.630. The van der Waals surface area contributed by atoms with Crippen molar-refractivity contribution >= 4 is 23.9 Å². The van der Waals surface area contributed by atoms with Gasteiger partial charge in [0.1, 0.15) is 24.2 Å². The minimum Gasteiger partial charge on any atom is -0.468 e. The zero-order valence-corrected chi connectivity index (χ0v) is 23.1. The number of rotatable bonds is 11. The Balaban J connectivity index is 3.41. The molecule has 0 fully saturated rings. The molecule has 0 aliphatic rings. The van der Waals surface area contributed by atoms with E-state index in [2.05, 4.69) is 29.2 Å². The van der Waals surface area contributed by atoms with Gasteiger partial charge in [0.05, 0.1) is 7.11 Å². The second kappa shape index (κ2) is 13.8. The van der Waals surface area contributed by atoms with E-state index in [9.17, 15) is 19.2 Å². The van der Waals surface area contributed by atoms with Crippen molar-refractivity contribution in [2.75, 3.05) is 13.7 Å². The Bertz CT molecular complexity index is 892. The van der Waals surface area contributed by atoms with E-state index in [0.717, 1.165) is 12.0 Å². The Hall–Kier alpha value is -3.10. The number of methoxy groups -OCH3 is 1. The normalized spacial score (nSPS) is 13.8. The van der Waals surface area contributed by atoms with Crippen molar-refractivity contribution in [1.82, 2.24) is 15.5 Å². The minimum atomic E-state index is -1.02. The molecule has 0 aliphatic heterocycles. The van der Waals surface area contributed by atoms with Crippen LogP contribution in [0.4, 0.5) is 4.79 Å². The van der Waals surface area contributed by atoms with E-state index in [1.165, 1.54) is 12.0 Å². The van der Waals surface area contributed by atoms with Crippen molar-refractivity contribution in [3.8, 4) is 0 Å². The van der Waals surface area contributed by atoms with Crippen molar-refractivity contribution in [2.45, 2.75) is 92.0 Å². The Kier molecular flexibility index (Phi) is 11.9. The van der Waals surface area contributed by atoms with Crippen LogP contribution in [0.15, 0.2) is 24.3 Å². The Morgan fingerprint density at radius 3 is 2.06 bits per heavy atom. The van der Waals surface area contributed by atoms with Gasteiger partial charge in [-0.1, -0.05) is 43.7 Å². The smallest absolute Gasteiger partial charge is 0.408 e. The largest absolute Gasteiger partial charge is 0.468 e. The summed E-state index contributed by atoms with van der Waals surface area (Å²) in [5.74, 6) is -1.15. The molecule has 36 heavy (non-hydrogen) atoms. The van der Waals surface area contributed by atoms with E-state index in [0.29, 0.717) is 17.9 Å². The maximum absolute atomic E-state index is 13.8. The Labute approximate surface area is 215 Å². The average Bonchev–Trinajstić information content (AvgIpc) is 2.78. The highest BCUT2D eigenvalue weighted by atomic mass is 16.6. The topological polar surface area (TPSA) is 114 Å². The van der Waals surface area contributed by atoms with Gasteiger partial charge < -0.3 is 25.0 Å². The molecule has 0 radical (unpaired) electrons. The second-order valence-electron chi connectivity index (χ2n) is 10.5. The summed E-state index contributed by atoms with van der Waals surface area (Å²) in [6.45, 7) is 14.4. The average molecular weight is 506 g/mol. The van der Waals surface area contributed by atoms with Gasteiger partial charge in [-0.15, -0.1) is 0 Å². The lowest BCUT2D eigenvalue weighted by Crippen LogP contribution is -2.55. The summed E-state index contributed by atoms with van der Waals surface area (Å²) in [6.07, 6.45) is 0.762. The zero-order valence-electron chi connectivity index (χ0n) is 23.1. The molecule has 0 saturated heterocycles. The van der Waals surface area contributed by atoms with Crippen LogP contribution in [-0.4, -0.2) is 60.1 Å². The number of esters is 1. The highest BCUT2D eigenvalue weighted by Crippen LogP contribution is 2.27. The van der Waals surface area contributed by atoms with Crippen LogP contribution in [0.25, 0.3) is 0 Å². The molecule has 9 nitrogen and oxygen atoms in total. The van der Waals surface area contributed by atoms with E-state index >= 15 is 0 Å². The van der Waals surface area contributed by atoms with Gasteiger partial charge in [0.25, 0.3) is 0 Å². The molecule has 202 valence electrons. The summed E-state index contributed by atoms with van der Waals surface area (Å²) < 4.78 is 9.96. The first-order valence-corrected chi connectivity index (χ1v) is 12.4. The quantitative estimate of drug-likeness (QED) is 0.441. The van der Waals surface area contributed by atoms with Crippen LogP contribution in [0.1, 0.15) is 78.5 Å². The van der Waals surface area contributed by atoms with Crippen molar-refractivity contribution in [1.29, 1.82) is 0 Å². The molecule has 3 amide bonds. The maximum Gasteiger partial charge on any atom is 0.408 e. The molecule has 3 unspecified atom stereocenters. The third-order valence-electron chi connectivity index (χ3n) is 5.55. The molecular formula is C27H43N3O6. The first-order chi connectivity index (χ1) is 16.7. The first-order valence-electron chi connectivity index (χ1n) is 12.4. The van der Waals surface area contributed by atoms with Crippen LogP contribution in [0.5, 0.6) is 0 Å². The van der Waals surface area contributed by atoms with Crippen LogP contribution in [0.3, 0.4) is 0 Å². The molecule has 1 rings (SSSR count). The maximum atomic E-state index is 13.8. The number of hydrogen-bond acceptors (Lipinski definition) is 6. The third kappa shape index (κ3) is 10.3. The Morgan fingerprint density at radius 2 is 1.56 bits per heavy atom. The monoisotopic (exact) mass is 505 g/mol. The predicted molar refractivity (Wildman–Crippen MR) is 138 cm³/mol. The molecule has 9 heteroatoms. The molecule has 0 aliphatic carbocycles. The number of hydrogen-bond donors (Lipinski definition) is 2. The van der Waals surface area contributed by atoms with E-state index < -0.39 is 41.6 Å². The van der Waals surface area contributed by atoms with Gasteiger partial charge in [-0.25, -0.2) is 4.79 Å². The fourth-order valence-electron chi connectivity index (χ4n) is 3.60. The van der Waals surface area contributed by atoms with Gasteiger partial charge in [-0.3, -0.25) is 14.4 Å². The summed E-state index contributed by atoms with van der Waals surface area (Å²) in [6, 6.07) is 4.99. The lowest BCUT2D eigenvalue weighted by molar-refractivity contribution is -0.146. The van der Waals surface area contributed by atoms with Crippen molar-refractivity contribution in [3.63, 3.8) is 0 Å². The number of carbonyl (C=O) groups excluding carboxylic acids is 4. The molecule has 0 saturated carbocycles. The zero-order chi connectivity index (χ0) is 27.6. The van der Waals surface area contributed by atoms with Crippen molar-refractivity contribution in [3.05, 3.63) is 35.4 Å². The van der Waals surface area contributed by atoms with E-state index in [-0.39, 0.29) is 12.6 Å². The van der Waals surface area contributed by atoms with Gasteiger partial charge in [-0.2, -0.15) is 0 Å². The van der Waals surface area contributed by atoms with Gasteiger partial charge in [0, 0.05) is 6.04 Å². The SMILES string of the molecule is COC(=O)CNC(=O)C(c1ccc(C)cc1)N(C(=O)C(C)NC(=O)OC(C)(C)C)C(C)CCC(C)C. The summed E-state index contributed by atoms with van der Waals surface area (Å²) in [7, 11) is 1.24. The van der Waals surface area contributed by atoms with Crippen LogP contribution >= 0.6 is 0 Å². The molecule has 3 atom stereocenters. The second-order valence-corrected chi connectivity index (χ2v) is 10.5. The molecular weight excluding hydrogens is 462 g/mol. The molecule has 0 aromatic heterocycles. The molecule has 1 aromatic carbocycles. The van der Waals surface area contributed by atoms with Crippen LogP contribution < -0.4 is 10.6 Å². The van der Waals surface area contributed by atoms with Crippen molar-refractivity contribution < 1.29 is 28.7 Å². The molecule has 0 heterocycles. The highest BCUT2D eigenvalue weighted by molar-refractivity contribution is 5.93. The number of nitrogens with one attached hydrogen (secondary N) is 2. The summed E-state index contributed by atoms with van der Waals surface area (Å²) in [5, 5.41) is 5.18. The number of aryl methyl sites for hydroxylation is 1. The van der Waals surface area contributed by atoms with E-state index in [1.54, 1.807) is 39.8 Å². The standard InChI is InChI=1S/C27H43N3O6/c1-17(2)10-13-19(4)30(25(33)20(5)29-26(34)36-27(6,7)8)23(21-14-11-18(3)12-15-21)24(32)28-16-22(31)35-9/h11-12,14-15,17,19-20,23H,10,13,16H2,1-9H3,(H,28,32)(H,29,34). The predicted octanol–water partition coefficient (Wildman–Crippen LogP) is 3.89. The number of carbonyl (C=O) groups is 4. The lowest BCUT2D eigenvalue weighted by Gasteiger charge is -2.38. The number of ether oxygens (including phenoxy) is 2. The van der Waals surface area contributed by atoms with Gasteiger partial charge >= 0.3 is 12.1 Å². The summed E-state index contributed by atoms with van der Waals surface area (Å²) in [4.78, 5) is 52.8. The van der Waals surface area contributed by atoms with Crippen LogP contribution in [0.2, 0.25) is 0 Å². The van der Waals surface area contributed by atoms with Crippen LogP contribution in [0, 0.1) is 12.8 Å². The minimum absolute atomic E-state index is 0.328. The molecule has 1 aromatic rings. The number of nitrogens with zero attached hydrogens (tertiary/aromatic N) is 1. The molecule has 2 N–H and O–H groups in total. The van der Waals surface area contributed by atoms with E-state index in [4.69, 9.17) is 4.74 Å². The van der Waals surface area contributed by atoms with E-state index in [1.807, 2.05) is 26.0 Å². The molecule has 0 spiro atoms. The number of amides is 3. The first kappa shape index (κ1) is 30.9. The van der Waals surface area contributed by atoms with Crippen LogP contribution in [-0.2, 0) is 23.9 Å². The molecule has 0 bridgehead atoms.